The third-order valence-electron chi connectivity index (χ3n) is 3.40. The van der Waals surface area contributed by atoms with Gasteiger partial charge in [-0.3, -0.25) is 0 Å². The van der Waals surface area contributed by atoms with Crippen LogP contribution in [0.4, 0.5) is 0 Å². The molecule has 1 heteroatoms. The second kappa shape index (κ2) is 3.39. The molecule has 0 unspecified atom stereocenters. The van der Waals surface area contributed by atoms with Gasteiger partial charge in [-0.25, -0.2) is 0 Å². The second-order valence-corrected chi connectivity index (χ2v) is 4.73. The molecular weight excluding hydrogens is 170 g/mol. The molecule has 1 fully saturated rings. The van der Waals surface area contributed by atoms with Gasteiger partial charge in [0.15, 0.2) is 0 Å². The normalized spacial score (nSPS) is 18.6. The van der Waals surface area contributed by atoms with Crippen molar-refractivity contribution in [3.05, 3.63) is 35.4 Å². The van der Waals surface area contributed by atoms with Gasteiger partial charge in [0.1, 0.15) is 0 Å². The van der Waals surface area contributed by atoms with E-state index in [0.29, 0.717) is 11.3 Å². The predicted octanol–water partition coefficient (Wildman–Crippen LogP) is 2.80. The molecule has 0 saturated heterocycles. The monoisotopic (exact) mass is 189 g/mol. The molecular formula is C13H19N. The standard InChI is InChI=1S/C13H19N/c1-10(2)11-5-3-4-6-12(11)13(9-14)7-8-13/h3-6,10H,7-9,14H2,1-2H3. The van der Waals surface area contributed by atoms with Gasteiger partial charge in [-0.05, 0) is 29.9 Å². The van der Waals surface area contributed by atoms with Gasteiger partial charge in [0.05, 0.1) is 0 Å². The smallest absolute Gasteiger partial charge is 0.00790 e. The van der Waals surface area contributed by atoms with Crippen molar-refractivity contribution in [2.24, 2.45) is 5.73 Å². The van der Waals surface area contributed by atoms with E-state index in [4.69, 9.17) is 5.73 Å². The summed E-state index contributed by atoms with van der Waals surface area (Å²) in [4.78, 5) is 0. The van der Waals surface area contributed by atoms with Crippen LogP contribution >= 0.6 is 0 Å². The Kier molecular flexibility index (Phi) is 2.36. The summed E-state index contributed by atoms with van der Waals surface area (Å²) in [5.74, 6) is 0.607. The highest BCUT2D eigenvalue weighted by Gasteiger charge is 2.44. The summed E-state index contributed by atoms with van der Waals surface area (Å²) in [5, 5.41) is 0. The summed E-state index contributed by atoms with van der Waals surface area (Å²) in [7, 11) is 0. The molecule has 0 radical (unpaired) electrons. The molecule has 14 heavy (non-hydrogen) atoms. The van der Waals surface area contributed by atoms with Gasteiger partial charge in [0.2, 0.25) is 0 Å². The lowest BCUT2D eigenvalue weighted by molar-refractivity contribution is 0.681. The molecule has 1 aliphatic rings. The predicted molar refractivity (Wildman–Crippen MR) is 60.5 cm³/mol. The number of hydrogen-bond acceptors (Lipinski definition) is 1. The van der Waals surface area contributed by atoms with Crippen LogP contribution in [0.3, 0.4) is 0 Å². The molecule has 0 aromatic heterocycles. The van der Waals surface area contributed by atoms with E-state index in [-0.39, 0.29) is 0 Å². The highest BCUT2D eigenvalue weighted by molar-refractivity contribution is 5.40. The highest BCUT2D eigenvalue weighted by Crippen LogP contribution is 2.49. The van der Waals surface area contributed by atoms with E-state index in [1.165, 1.54) is 24.0 Å². The average molecular weight is 189 g/mol. The van der Waals surface area contributed by atoms with Gasteiger partial charge in [0, 0.05) is 12.0 Å². The zero-order valence-electron chi connectivity index (χ0n) is 9.09. The van der Waals surface area contributed by atoms with Crippen LogP contribution in [0.2, 0.25) is 0 Å². The Morgan fingerprint density at radius 2 is 1.93 bits per heavy atom. The first kappa shape index (κ1) is 9.72. The van der Waals surface area contributed by atoms with Crippen molar-refractivity contribution in [2.45, 2.75) is 38.0 Å². The van der Waals surface area contributed by atoms with E-state index in [0.717, 1.165) is 6.54 Å². The SMILES string of the molecule is CC(C)c1ccccc1C1(CN)CC1. The molecule has 2 rings (SSSR count). The van der Waals surface area contributed by atoms with Crippen LogP contribution in [0.15, 0.2) is 24.3 Å². The first-order valence-electron chi connectivity index (χ1n) is 5.49. The Balaban J connectivity index is 2.42. The van der Waals surface area contributed by atoms with E-state index in [2.05, 4.69) is 38.1 Å². The fourth-order valence-electron chi connectivity index (χ4n) is 2.22. The van der Waals surface area contributed by atoms with Gasteiger partial charge in [-0.1, -0.05) is 38.1 Å². The van der Waals surface area contributed by atoms with Gasteiger partial charge in [-0.15, -0.1) is 0 Å². The quantitative estimate of drug-likeness (QED) is 0.777. The maximum atomic E-state index is 5.87. The van der Waals surface area contributed by atoms with Crippen LogP contribution in [0.5, 0.6) is 0 Å². The lowest BCUT2D eigenvalue weighted by Crippen LogP contribution is -2.21. The van der Waals surface area contributed by atoms with Crippen LogP contribution in [0, 0.1) is 0 Å². The molecule has 1 aliphatic carbocycles. The van der Waals surface area contributed by atoms with Crippen molar-refractivity contribution >= 4 is 0 Å². The van der Waals surface area contributed by atoms with Crippen molar-refractivity contribution in [3.8, 4) is 0 Å². The van der Waals surface area contributed by atoms with Crippen molar-refractivity contribution in [1.82, 2.24) is 0 Å². The Bertz CT molecular complexity index is 324. The van der Waals surface area contributed by atoms with E-state index < -0.39 is 0 Å². The molecule has 1 saturated carbocycles. The number of nitrogens with two attached hydrogens (primary N) is 1. The number of rotatable bonds is 3. The van der Waals surface area contributed by atoms with Gasteiger partial charge in [0.25, 0.3) is 0 Å². The first-order valence-corrected chi connectivity index (χ1v) is 5.49. The van der Waals surface area contributed by atoms with Crippen molar-refractivity contribution in [2.75, 3.05) is 6.54 Å². The maximum Gasteiger partial charge on any atom is 0.00790 e. The van der Waals surface area contributed by atoms with E-state index in [1.807, 2.05) is 0 Å². The number of hydrogen-bond donors (Lipinski definition) is 1. The lowest BCUT2D eigenvalue weighted by Gasteiger charge is -2.19. The van der Waals surface area contributed by atoms with Gasteiger partial charge < -0.3 is 5.73 Å². The Morgan fingerprint density at radius 1 is 1.29 bits per heavy atom. The van der Waals surface area contributed by atoms with Crippen LogP contribution < -0.4 is 5.73 Å². The minimum absolute atomic E-state index is 0.334. The summed E-state index contributed by atoms with van der Waals surface area (Å²) in [6.07, 6.45) is 2.54. The van der Waals surface area contributed by atoms with Crippen LogP contribution in [0.25, 0.3) is 0 Å². The molecule has 0 aliphatic heterocycles. The molecule has 76 valence electrons. The molecule has 1 aromatic rings. The fraction of sp³-hybridized carbons (Fsp3) is 0.538. The van der Waals surface area contributed by atoms with Crippen molar-refractivity contribution in [1.29, 1.82) is 0 Å². The van der Waals surface area contributed by atoms with E-state index in [9.17, 15) is 0 Å². The second-order valence-electron chi connectivity index (χ2n) is 4.73. The van der Waals surface area contributed by atoms with Crippen LogP contribution in [-0.4, -0.2) is 6.54 Å². The van der Waals surface area contributed by atoms with Crippen molar-refractivity contribution in [3.63, 3.8) is 0 Å². The Morgan fingerprint density at radius 3 is 2.43 bits per heavy atom. The molecule has 1 aromatic carbocycles. The molecule has 0 spiro atoms. The maximum absolute atomic E-state index is 5.87. The molecule has 0 amide bonds. The third-order valence-corrected chi connectivity index (χ3v) is 3.40. The topological polar surface area (TPSA) is 26.0 Å². The summed E-state index contributed by atoms with van der Waals surface area (Å²) in [6, 6.07) is 8.77. The summed E-state index contributed by atoms with van der Waals surface area (Å²) >= 11 is 0. The molecule has 1 nitrogen and oxygen atoms in total. The Hall–Kier alpha value is -0.820. The van der Waals surface area contributed by atoms with Crippen molar-refractivity contribution < 1.29 is 0 Å². The molecule has 2 N–H and O–H groups in total. The fourth-order valence-corrected chi connectivity index (χ4v) is 2.22. The first-order chi connectivity index (χ1) is 6.69. The molecule has 0 bridgehead atoms. The lowest BCUT2D eigenvalue weighted by atomic mass is 9.87. The summed E-state index contributed by atoms with van der Waals surface area (Å²) < 4.78 is 0. The van der Waals surface area contributed by atoms with E-state index in [1.54, 1.807) is 0 Å². The largest absolute Gasteiger partial charge is 0.330 e. The molecule has 0 heterocycles. The van der Waals surface area contributed by atoms with Crippen LogP contribution in [0.1, 0.15) is 43.7 Å². The summed E-state index contributed by atoms with van der Waals surface area (Å²) in [6.45, 7) is 5.31. The number of benzene rings is 1. The zero-order chi connectivity index (χ0) is 10.2. The average Bonchev–Trinajstić information content (AvgIpc) is 2.98. The van der Waals surface area contributed by atoms with E-state index >= 15 is 0 Å². The summed E-state index contributed by atoms with van der Waals surface area (Å²) in [5.41, 5.74) is 9.18. The van der Waals surface area contributed by atoms with Crippen LogP contribution in [-0.2, 0) is 5.41 Å². The third kappa shape index (κ3) is 1.46. The molecule has 0 atom stereocenters. The zero-order valence-corrected chi connectivity index (χ0v) is 9.09. The van der Waals surface area contributed by atoms with Gasteiger partial charge >= 0.3 is 0 Å². The minimum Gasteiger partial charge on any atom is -0.330 e. The van der Waals surface area contributed by atoms with Gasteiger partial charge in [-0.2, -0.15) is 0 Å². The minimum atomic E-state index is 0.334. The highest BCUT2D eigenvalue weighted by atomic mass is 14.7. The Labute approximate surface area is 86.3 Å².